The van der Waals surface area contributed by atoms with Crippen LogP contribution >= 0.6 is 71.2 Å². The maximum absolute atomic E-state index is 9.80. The van der Waals surface area contributed by atoms with Crippen molar-refractivity contribution in [2.24, 2.45) is 0 Å². The Bertz CT molecular complexity index is 165. The second-order valence-electron chi connectivity index (χ2n) is 2.73. The van der Waals surface area contributed by atoms with E-state index in [2.05, 4.69) is 33.8 Å². The van der Waals surface area contributed by atoms with E-state index in [4.69, 9.17) is 4.18 Å². The summed E-state index contributed by atoms with van der Waals surface area (Å²) in [6.45, 7) is 3.78. The van der Waals surface area contributed by atoms with Crippen LogP contribution in [0.2, 0.25) is 0 Å². The predicted molar refractivity (Wildman–Crippen MR) is 85.8 cm³/mol. The molecule has 0 aromatic rings. The zero-order valence-electron chi connectivity index (χ0n) is 6.86. The molecule has 0 spiro atoms. The highest BCUT2D eigenvalue weighted by atomic mass is 127. The zero-order valence-corrected chi connectivity index (χ0v) is 15.3. The predicted octanol–water partition coefficient (Wildman–Crippen LogP) is 4.25. The summed E-state index contributed by atoms with van der Waals surface area (Å²) in [5.41, 5.74) is 0. The zero-order chi connectivity index (χ0) is 10.2. The third-order valence-electron chi connectivity index (χ3n) is 1.03. The summed E-state index contributed by atoms with van der Waals surface area (Å²) in [5.74, 6) is 0. The molecule has 5 unspecified atom stereocenters. The van der Waals surface area contributed by atoms with Gasteiger partial charge >= 0.3 is 0 Å². The molecule has 9 heteroatoms. The number of halogens is 1. The molecule has 0 amide bonds. The minimum absolute atomic E-state index is 0.515. The van der Waals surface area contributed by atoms with Gasteiger partial charge in [-0.3, -0.25) is 0 Å². The maximum Gasteiger partial charge on any atom is 0.137 e. The average Bonchev–Trinajstić information content (AvgIpc) is 1.52. The number of hydrogen-bond acceptors (Lipinski definition) is 2. The van der Waals surface area contributed by atoms with Gasteiger partial charge in [0, 0.05) is 21.2 Å². The fourth-order valence-electron chi connectivity index (χ4n) is 0.395. The molecule has 0 aliphatic rings. The Morgan fingerprint density at radius 1 is 1.25 bits per heavy atom. The lowest BCUT2D eigenvalue weighted by atomic mass is 10.5. The summed E-state index contributed by atoms with van der Waals surface area (Å²) in [4.78, 5) is -0.515. The van der Waals surface area contributed by atoms with E-state index in [1.165, 1.54) is 0 Å². The van der Waals surface area contributed by atoms with Crippen molar-refractivity contribution in [3.63, 3.8) is 0 Å². The molecule has 0 aliphatic carbocycles. The van der Waals surface area contributed by atoms with Crippen molar-refractivity contribution in [3.05, 3.63) is 0 Å². The summed E-state index contributed by atoms with van der Waals surface area (Å²) in [5, 5.41) is 0. The van der Waals surface area contributed by atoms with E-state index in [0.29, 0.717) is 0 Å². The van der Waals surface area contributed by atoms with Crippen molar-refractivity contribution in [2.75, 3.05) is 0 Å². The van der Waals surface area contributed by atoms with Crippen molar-refractivity contribution in [1.29, 1.82) is 0 Å². The molecule has 12 heavy (non-hydrogen) atoms. The van der Waals surface area contributed by atoms with Crippen LogP contribution in [0, 0.1) is 0 Å². The van der Waals surface area contributed by atoms with Crippen molar-refractivity contribution in [1.82, 2.24) is 0 Å². The Balaban J connectivity index is 4.44. The largest absolute Gasteiger partial charge is 0.336 e. The minimum Gasteiger partial charge on any atom is -0.336 e. The lowest BCUT2D eigenvalue weighted by Crippen LogP contribution is -2.23. The molecule has 78 valence electrons. The van der Waals surface area contributed by atoms with E-state index in [9.17, 15) is 4.55 Å². The molecule has 0 bridgehead atoms. The normalized spacial score (nSPS) is 23.0. The fraction of sp³-hybridized carbons (Fsp3) is 1.00. The lowest BCUT2D eigenvalue weighted by Gasteiger charge is -2.44. The van der Waals surface area contributed by atoms with Gasteiger partial charge in [-0.2, -0.15) is 0 Å². The smallest absolute Gasteiger partial charge is 0.137 e. The number of hydrogen-bond donors (Lipinski definition) is 1. The van der Waals surface area contributed by atoms with Crippen LogP contribution in [-0.4, -0.2) is 9.49 Å². The van der Waals surface area contributed by atoms with Crippen LogP contribution in [0.15, 0.2) is 0 Å². The van der Waals surface area contributed by atoms with Crippen LogP contribution in [-0.2, 0) is 4.18 Å². The molecule has 1 N–H and O–H groups in total. The quantitative estimate of drug-likeness (QED) is 0.569. The average molecular weight is 398 g/mol. The van der Waals surface area contributed by atoms with Gasteiger partial charge in [0.15, 0.2) is 0 Å². The van der Waals surface area contributed by atoms with Crippen LogP contribution in [0.1, 0.15) is 13.8 Å². The molecule has 2 nitrogen and oxygen atoms in total. The standard InChI is InChI=1S/C3H15IO2P4S2/c1-3(2,11(4,5)7)6-12(8,9)10/h5H,7-10H2,1-2H3. The monoisotopic (exact) mass is 398 g/mol. The molecule has 0 saturated heterocycles. The number of rotatable bonds is 3. The molecule has 0 radical (unpaired) electrons. The van der Waals surface area contributed by atoms with Crippen LogP contribution in [0.5, 0.6) is 0 Å². The molecule has 0 aliphatic heterocycles. The minimum atomic E-state index is -1.79. The van der Waals surface area contributed by atoms with Gasteiger partial charge in [0.25, 0.3) is 0 Å². The molecule has 0 heterocycles. The van der Waals surface area contributed by atoms with Crippen LogP contribution in [0.4, 0.5) is 0 Å². The van der Waals surface area contributed by atoms with Gasteiger partial charge in [-0.15, -0.1) is 0 Å². The Labute approximate surface area is 97.9 Å². The first-order chi connectivity index (χ1) is 4.96. The van der Waals surface area contributed by atoms with Gasteiger partial charge in [-0.05, 0) is 20.9 Å². The summed E-state index contributed by atoms with van der Waals surface area (Å²) in [7, 11) is 7.23. The second kappa shape index (κ2) is 4.93. The Kier molecular flexibility index (Phi) is 6.20. The second-order valence-corrected chi connectivity index (χ2v) is 26.9. The Hall–Kier alpha value is 3.07. The van der Waals surface area contributed by atoms with E-state index < -0.39 is 21.2 Å². The summed E-state index contributed by atoms with van der Waals surface area (Å²) in [6.07, 6.45) is 0. The van der Waals surface area contributed by atoms with Gasteiger partial charge in [0.05, 0.1) is 0 Å². The van der Waals surface area contributed by atoms with Crippen LogP contribution in [0.25, 0.3) is 0 Å². The SMILES string of the molecule is CC(C)(OS(P)(P)P)S(O)(P)I. The van der Waals surface area contributed by atoms with Crippen molar-refractivity contribution < 1.29 is 8.74 Å². The van der Waals surface area contributed by atoms with E-state index in [1.54, 1.807) is 0 Å². The summed E-state index contributed by atoms with van der Waals surface area (Å²) < 4.78 is 15.5. The first-order valence-electron chi connectivity index (χ1n) is 2.85. The van der Waals surface area contributed by atoms with Gasteiger partial charge in [0.2, 0.25) is 0 Å². The lowest BCUT2D eigenvalue weighted by molar-refractivity contribution is 0.239. The molecule has 0 aromatic heterocycles. The molecule has 0 aromatic carbocycles. The molecule has 0 fully saturated rings. The van der Waals surface area contributed by atoms with E-state index in [1.807, 2.05) is 35.1 Å². The van der Waals surface area contributed by atoms with E-state index >= 15 is 0 Å². The maximum atomic E-state index is 9.80. The molecular formula is C3H15IO2P4S2. The first kappa shape index (κ1) is 15.1. The Morgan fingerprint density at radius 3 is 1.67 bits per heavy atom. The first-order valence-corrected chi connectivity index (χ1v) is 14.5. The van der Waals surface area contributed by atoms with Crippen LogP contribution < -0.4 is 0 Å². The highest BCUT2D eigenvalue weighted by molar-refractivity contribution is 14.2. The van der Waals surface area contributed by atoms with Gasteiger partial charge < -0.3 is 8.74 Å². The summed E-state index contributed by atoms with van der Waals surface area (Å²) >= 11 is 2.02. The van der Waals surface area contributed by atoms with E-state index in [0.717, 1.165) is 0 Å². The molecule has 5 atom stereocenters. The topological polar surface area (TPSA) is 29.5 Å². The highest BCUT2D eigenvalue weighted by Gasteiger charge is 2.37. The Morgan fingerprint density at radius 2 is 1.58 bits per heavy atom. The molecule has 0 rings (SSSR count). The van der Waals surface area contributed by atoms with E-state index in [-0.39, 0.29) is 0 Å². The molecule has 0 saturated carbocycles. The van der Waals surface area contributed by atoms with Gasteiger partial charge in [0.1, 0.15) is 4.93 Å². The highest BCUT2D eigenvalue weighted by Crippen LogP contribution is 2.79. The van der Waals surface area contributed by atoms with Gasteiger partial charge in [-0.25, -0.2) is 0 Å². The van der Waals surface area contributed by atoms with Crippen molar-refractivity contribution >= 4 is 71.2 Å². The molecular weight excluding hydrogens is 383 g/mol. The van der Waals surface area contributed by atoms with Crippen molar-refractivity contribution in [3.8, 4) is 0 Å². The van der Waals surface area contributed by atoms with Crippen molar-refractivity contribution in [2.45, 2.75) is 18.8 Å². The third kappa shape index (κ3) is 5.83. The summed E-state index contributed by atoms with van der Waals surface area (Å²) in [6, 6.07) is 0. The van der Waals surface area contributed by atoms with Gasteiger partial charge in [-0.1, -0.05) is 42.9 Å². The third-order valence-corrected chi connectivity index (χ3v) is 9.06. The van der Waals surface area contributed by atoms with Crippen LogP contribution in [0.3, 0.4) is 0 Å². The fourth-order valence-corrected chi connectivity index (χ4v) is 5.63.